The summed E-state index contributed by atoms with van der Waals surface area (Å²) in [5.41, 5.74) is 0.663. The van der Waals surface area contributed by atoms with Gasteiger partial charge in [0.15, 0.2) is 0 Å². The van der Waals surface area contributed by atoms with Crippen LogP contribution in [0.2, 0.25) is 0 Å². The summed E-state index contributed by atoms with van der Waals surface area (Å²) >= 11 is 0. The Morgan fingerprint density at radius 3 is 2.69 bits per heavy atom. The van der Waals surface area contributed by atoms with Crippen LogP contribution in [0.3, 0.4) is 0 Å². The highest BCUT2D eigenvalue weighted by Gasteiger charge is 2.08. The van der Waals surface area contributed by atoms with Gasteiger partial charge in [-0.3, -0.25) is 0 Å². The van der Waals surface area contributed by atoms with Crippen molar-refractivity contribution in [3.05, 3.63) is 41.0 Å². The molecule has 5 nitrogen and oxygen atoms in total. The van der Waals surface area contributed by atoms with Crippen LogP contribution in [-0.2, 0) is 0 Å². The summed E-state index contributed by atoms with van der Waals surface area (Å²) < 4.78 is 16.1. The van der Waals surface area contributed by atoms with Crippen LogP contribution in [0.4, 0.5) is 0 Å². The van der Waals surface area contributed by atoms with Gasteiger partial charge in [0.05, 0.1) is 26.1 Å². The maximum Gasteiger partial charge on any atom is 0.426 e. The molecule has 0 saturated carbocycles. The van der Waals surface area contributed by atoms with E-state index in [0.29, 0.717) is 11.4 Å². The topological polar surface area (TPSA) is 53.6 Å². The number of rotatable bonds is 3. The average molecular weight is 221 g/mol. The highest BCUT2D eigenvalue weighted by Crippen LogP contribution is 2.17. The lowest BCUT2D eigenvalue weighted by atomic mass is 10.3. The van der Waals surface area contributed by atoms with Gasteiger partial charge >= 0.3 is 11.7 Å². The first kappa shape index (κ1) is 10.4. The molecule has 2 rings (SSSR count). The molecule has 0 aliphatic heterocycles. The molecule has 1 aromatic heterocycles. The van der Waals surface area contributed by atoms with Gasteiger partial charge in [0.25, 0.3) is 0 Å². The number of oxazole rings is 1. The van der Waals surface area contributed by atoms with Gasteiger partial charge in [0, 0.05) is 6.07 Å². The van der Waals surface area contributed by atoms with Gasteiger partial charge < -0.3 is 13.9 Å². The van der Waals surface area contributed by atoms with Gasteiger partial charge in [-0.1, -0.05) is 6.07 Å². The van der Waals surface area contributed by atoms with Gasteiger partial charge in [-0.05, 0) is 12.1 Å². The predicted octanol–water partition coefficient (Wildman–Crippen LogP) is 1.45. The van der Waals surface area contributed by atoms with Gasteiger partial charge in [-0.25, -0.2) is 9.36 Å². The van der Waals surface area contributed by atoms with Crippen molar-refractivity contribution in [2.75, 3.05) is 14.2 Å². The van der Waals surface area contributed by atoms with Crippen molar-refractivity contribution >= 4 is 0 Å². The van der Waals surface area contributed by atoms with Crippen molar-refractivity contribution in [1.82, 2.24) is 4.57 Å². The molecule has 5 heteroatoms. The molecule has 0 radical (unpaired) electrons. The van der Waals surface area contributed by atoms with Crippen molar-refractivity contribution in [3.63, 3.8) is 0 Å². The lowest BCUT2D eigenvalue weighted by Crippen LogP contribution is -2.10. The number of hydrogen-bond acceptors (Lipinski definition) is 4. The summed E-state index contributed by atoms with van der Waals surface area (Å²) in [6.45, 7) is 0. The SMILES string of the molecule is COc1cccc(-n2cc(OC)oc2=O)c1. The summed E-state index contributed by atoms with van der Waals surface area (Å²) in [6.07, 6.45) is 1.48. The number of nitrogens with zero attached hydrogens (tertiary/aromatic N) is 1. The van der Waals surface area contributed by atoms with E-state index in [1.165, 1.54) is 17.9 Å². The van der Waals surface area contributed by atoms with Crippen LogP contribution in [-0.4, -0.2) is 18.8 Å². The second-order valence-electron chi connectivity index (χ2n) is 3.09. The molecule has 0 spiro atoms. The zero-order chi connectivity index (χ0) is 11.5. The summed E-state index contributed by atoms with van der Waals surface area (Å²) in [5, 5.41) is 0. The highest BCUT2D eigenvalue weighted by atomic mass is 16.6. The quantitative estimate of drug-likeness (QED) is 0.787. The van der Waals surface area contributed by atoms with Crippen LogP contribution in [0.25, 0.3) is 5.69 Å². The van der Waals surface area contributed by atoms with E-state index in [-0.39, 0.29) is 5.95 Å². The van der Waals surface area contributed by atoms with Gasteiger partial charge in [0.1, 0.15) is 5.75 Å². The molecular weight excluding hydrogens is 210 g/mol. The van der Waals surface area contributed by atoms with Crippen LogP contribution < -0.4 is 15.2 Å². The fourth-order valence-corrected chi connectivity index (χ4v) is 1.35. The number of methoxy groups -OCH3 is 2. The van der Waals surface area contributed by atoms with Crippen LogP contribution in [0.5, 0.6) is 11.7 Å². The molecule has 0 amide bonds. The minimum absolute atomic E-state index is 0.174. The second-order valence-corrected chi connectivity index (χ2v) is 3.09. The third-order valence-corrected chi connectivity index (χ3v) is 2.15. The van der Waals surface area contributed by atoms with E-state index < -0.39 is 5.76 Å². The zero-order valence-electron chi connectivity index (χ0n) is 8.97. The van der Waals surface area contributed by atoms with Gasteiger partial charge in [-0.2, -0.15) is 0 Å². The molecule has 0 saturated heterocycles. The Morgan fingerprint density at radius 2 is 2.06 bits per heavy atom. The first-order chi connectivity index (χ1) is 7.74. The summed E-state index contributed by atoms with van der Waals surface area (Å²) in [4.78, 5) is 11.5. The van der Waals surface area contributed by atoms with Crippen molar-refractivity contribution in [2.24, 2.45) is 0 Å². The van der Waals surface area contributed by atoms with Crippen molar-refractivity contribution in [2.45, 2.75) is 0 Å². The van der Waals surface area contributed by atoms with Crippen LogP contribution in [0.1, 0.15) is 0 Å². The molecule has 1 aromatic carbocycles. The molecule has 0 N–H and O–H groups in total. The molecule has 0 atom stereocenters. The number of aromatic nitrogens is 1. The van der Waals surface area contributed by atoms with Crippen LogP contribution >= 0.6 is 0 Å². The Morgan fingerprint density at radius 1 is 1.25 bits per heavy atom. The van der Waals surface area contributed by atoms with Crippen LogP contribution in [0, 0.1) is 0 Å². The largest absolute Gasteiger partial charge is 0.497 e. The fraction of sp³-hybridized carbons (Fsp3) is 0.182. The highest BCUT2D eigenvalue weighted by molar-refractivity contribution is 5.39. The Bertz CT molecular complexity index is 541. The Hall–Kier alpha value is -2.17. The molecule has 0 aliphatic carbocycles. The molecule has 16 heavy (non-hydrogen) atoms. The van der Waals surface area contributed by atoms with E-state index in [0.717, 1.165) is 0 Å². The van der Waals surface area contributed by atoms with Crippen molar-refractivity contribution < 1.29 is 13.9 Å². The number of benzene rings is 1. The monoisotopic (exact) mass is 221 g/mol. The summed E-state index contributed by atoms with van der Waals surface area (Å²) in [5.74, 6) is 0.350. The Balaban J connectivity index is 2.49. The minimum Gasteiger partial charge on any atom is -0.497 e. The molecule has 0 unspecified atom stereocenters. The number of hydrogen-bond donors (Lipinski definition) is 0. The lowest BCUT2D eigenvalue weighted by molar-refractivity contribution is 0.294. The van der Waals surface area contributed by atoms with Gasteiger partial charge in [-0.15, -0.1) is 0 Å². The van der Waals surface area contributed by atoms with E-state index in [2.05, 4.69) is 0 Å². The normalized spacial score (nSPS) is 10.1. The maximum atomic E-state index is 11.5. The molecule has 0 fully saturated rings. The molecule has 0 aliphatic rings. The molecule has 1 heterocycles. The van der Waals surface area contributed by atoms with Gasteiger partial charge in [0.2, 0.25) is 0 Å². The third-order valence-electron chi connectivity index (χ3n) is 2.15. The molecule has 0 bridgehead atoms. The summed E-state index contributed by atoms with van der Waals surface area (Å²) in [7, 11) is 3.01. The maximum absolute atomic E-state index is 11.5. The third kappa shape index (κ3) is 1.79. The predicted molar refractivity (Wildman–Crippen MR) is 57.4 cm³/mol. The van der Waals surface area contributed by atoms with E-state index >= 15 is 0 Å². The smallest absolute Gasteiger partial charge is 0.426 e. The lowest BCUT2D eigenvalue weighted by Gasteiger charge is -2.02. The minimum atomic E-state index is -0.495. The number of ether oxygens (including phenoxy) is 2. The van der Waals surface area contributed by atoms with E-state index in [1.54, 1.807) is 31.4 Å². The van der Waals surface area contributed by atoms with E-state index in [4.69, 9.17) is 13.9 Å². The zero-order valence-corrected chi connectivity index (χ0v) is 8.97. The molecule has 84 valence electrons. The summed E-state index contributed by atoms with van der Waals surface area (Å²) in [6, 6.07) is 7.10. The molecular formula is C11H11NO4. The van der Waals surface area contributed by atoms with E-state index in [9.17, 15) is 4.79 Å². The Labute approximate surface area is 91.8 Å². The fourth-order valence-electron chi connectivity index (χ4n) is 1.35. The Kier molecular flexibility index (Phi) is 2.68. The van der Waals surface area contributed by atoms with Crippen molar-refractivity contribution in [3.8, 4) is 17.4 Å². The first-order valence-corrected chi connectivity index (χ1v) is 4.65. The van der Waals surface area contributed by atoms with E-state index in [1.807, 2.05) is 0 Å². The van der Waals surface area contributed by atoms with Crippen LogP contribution in [0.15, 0.2) is 39.7 Å². The molecule has 2 aromatic rings. The standard InChI is InChI=1S/C11H11NO4/c1-14-9-5-3-4-8(6-9)12-7-10(15-2)16-11(12)13/h3-7H,1-2H3. The second kappa shape index (κ2) is 4.14. The van der Waals surface area contributed by atoms with Crippen molar-refractivity contribution in [1.29, 1.82) is 0 Å². The first-order valence-electron chi connectivity index (χ1n) is 4.65. The average Bonchev–Trinajstić information content (AvgIpc) is 2.71.